The van der Waals surface area contributed by atoms with E-state index in [1.807, 2.05) is 6.07 Å². The maximum Gasteiger partial charge on any atom is 0.124 e. The lowest BCUT2D eigenvalue weighted by Gasteiger charge is -2.08. The summed E-state index contributed by atoms with van der Waals surface area (Å²) in [5.41, 5.74) is 9.54. The molecule has 3 aliphatic rings. The summed E-state index contributed by atoms with van der Waals surface area (Å²) in [7, 11) is 0. The minimum Gasteiger partial charge on any atom is -0.489 e. The molecule has 1 aliphatic carbocycles. The van der Waals surface area contributed by atoms with Gasteiger partial charge in [0.05, 0.1) is 34.2 Å². The van der Waals surface area contributed by atoms with Gasteiger partial charge in [0.2, 0.25) is 0 Å². The molecule has 9 rings (SSSR count). The van der Waals surface area contributed by atoms with Crippen LogP contribution in [0.5, 0.6) is 5.75 Å². The van der Waals surface area contributed by atoms with E-state index >= 15 is 0 Å². The monoisotopic (exact) mass is 594 g/mol. The summed E-state index contributed by atoms with van der Waals surface area (Å²) in [6, 6.07) is 33.4. The van der Waals surface area contributed by atoms with E-state index in [1.54, 1.807) is 0 Å². The zero-order valence-corrected chi connectivity index (χ0v) is 25.3. The highest BCUT2D eigenvalue weighted by Crippen LogP contribution is 2.66. The summed E-state index contributed by atoms with van der Waals surface area (Å²) in [4.78, 5) is 17.3. The van der Waals surface area contributed by atoms with E-state index in [1.165, 1.54) is 35.1 Å². The third-order valence-electron chi connectivity index (χ3n) is 10.1. The van der Waals surface area contributed by atoms with Gasteiger partial charge in [0.15, 0.2) is 0 Å². The van der Waals surface area contributed by atoms with Gasteiger partial charge in [-0.05, 0) is 115 Å². The van der Waals surface area contributed by atoms with Crippen molar-refractivity contribution in [1.82, 2.24) is 30.6 Å². The molecule has 2 aromatic heterocycles. The van der Waals surface area contributed by atoms with Gasteiger partial charge in [-0.3, -0.25) is 0 Å². The van der Waals surface area contributed by atoms with E-state index in [4.69, 9.17) is 14.7 Å². The van der Waals surface area contributed by atoms with Gasteiger partial charge in [-0.1, -0.05) is 54.6 Å². The van der Waals surface area contributed by atoms with Crippen molar-refractivity contribution < 1.29 is 4.74 Å². The molecule has 3 fully saturated rings. The molecule has 2 unspecified atom stereocenters. The molecule has 5 atom stereocenters. The van der Waals surface area contributed by atoms with Crippen LogP contribution >= 0.6 is 0 Å². The summed E-state index contributed by atoms with van der Waals surface area (Å²) in [6.45, 7) is 2.69. The van der Waals surface area contributed by atoms with Crippen LogP contribution in [0, 0.1) is 0 Å². The topological polar surface area (TPSA) is 90.6 Å². The number of rotatable bonds is 8. The molecule has 0 amide bonds. The molecule has 0 radical (unpaired) electrons. The smallest absolute Gasteiger partial charge is 0.124 e. The van der Waals surface area contributed by atoms with Crippen LogP contribution in [0.4, 0.5) is 0 Å². The second-order valence-corrected chi connectivity index (χ2v) is 13.0. The lowest BCUT2D eigenvalue weighted by molar-refractivity contribution is 0.306. The number of nitrogens with zero attached hydrogens (tertiary/aromatic N) is 2. The number of H-pyrrole nitrogens is 2. The molecule has 0 spiro atoms. The molecular weight excluding hydrogens is 556 g/mol. The summed E-state index contributed by atoms with van der Waals surface area (Å²) in [5.74, 6) is 4.11. The fourth-order valence-corrected chi connectivity index (χ4v) is 7.75. The van der Waals surface area contributed by atoms with Crippen LogP contribution in [0.15, 0.2) is 91.0 Å². The van der Waals surface area contributed by atoms with Gasteiger partial charge in [-0.25, -0.2) is 9.97 Å². The van der Waals surface area contributed by atoms with Crippen LogP contribution in [-0.2, 0) is 6.61 Å². The largest absolute Gasteiger partial charge is 0.489 e. The first-order valence-corrected chi connectivity index (χ1v) is 16.5. The second kappa shape index (κ2) is 11.2. The Bertz CT molecular complexity index is 1850. The van der Waals surface area contributed by atoms with Gasteiger partial charge in [-0.15, -0.1) is 0 Å². The summed E-state index contributed by atoms with van der Waals surface area (Å²) >= 11 is 0. The lowest BCUT2D eigenvalue weighted by atomic mass is 10.0. The molecule has 45 heavy (non-hydrogen) atoms. The molecule has 1 saturated carbocycles. The van der Waals surface area contributed by atoms with Gasteiger partial charge >= 0.3 is 0 Å². The Morgan fingerprint density at radius 2 is 1.13 bits per heavy atom. The molecular formula is C38H38N6O. The average molecular weight is 595 g/mol. The van der Waals surface area contributed by atoms with E-state index in [0.717, 1.165) is 65.4 Å². The number of fused-ring (bicyclic) bond motifs is 2. The van der Waals surface area contributed by atoms with Crippen molar-refractivity contribution in [2.45, 2.75) is 62.1 Å². The van der Waals surface area contributed by atoms with Gasteiger partial charge in [-0.2, -0.15) is 0 Å². The first kappa shape index (κ1) is 26.9. The van der Waals surface area contributed by atoms with Crippen molar-refractivity contribution in [3.63, 3.8) is 0 Å². The minimum atomic E-state index is 0.329. The Hall–Kier alpha value is -4.46. The highest BCUT2D eigenvalue weighted by atomic mass is 16.5. The van der Waals surface area contributed by atoms with Crippen LogP contribution in [-0.4, -0.2) is 33.0 Å². The van der Waals surface area contributed by atoms with E-state index < -0.39 is 0 Å². The molecule has 7 nitrogen and oxygen atoms in total. The molecule has 4 heterocycles. The number of hydrogen-bond acceptors (Lipinski definition) is 5. The standard InChI is InChI=1S/C38H38N6O/c1-2-6-23(7-3-1)22-45-27-14-10-24(11-15-27)34-35(25-12-16-28-32(20-25)43-37(41-28)30-8-4-18-39-30)36(34)26-13-17-29-33(21-26)44-38(42-29)31-9-5-19-40-31/h1-3,6-7,10-17,20-21,30-31,34-36,39-40H,4-5,8-9,18-19,22H2,(H,41,43)(H,42,44)/t30-,31-,34?,35-,36?/m0/s1. The predicted molar refractivity (Wildman–Crippen MR) is 178 cm³/mol. The number of ether oxygens (including phenoxy) is 1. The number of aromatic nitrogens is 4. The SMILES string of the molecule is c1ccc(COc2ccc(C3C(c4ccc5[nH]c([C@@H]6CCCN6)nc5c4)[C@H]3c3ccc4[nH]c([C@@H]5CCCN5)nc4c3)cc2)cc1. The van der Waals surface area contributed by atoms with E-state index in [0.29, 0.717) is 36.4 Å². The fourth-order valence-electron chi connectivity index (χ4n) is 7.75. The Morgan fingerprint density at radius 3 is 1.67 bits per heavy atom. The molecule has 4 N–H and O–H groups in total. The Labute approximate surface area is 262 Å². The van der Waals surface area contributed by atoms with Crippen molar-refractivity contribution in [2.24, 2.45) is 0 Å². The van der Waals surface area contributed by atoms with Gasteiger partial charge in [0.25, 0.3) is 0 Å². The van der Waals surface area contributed by atoms with Crippen LogP contribution in [0.1, 0.15) is 89.4 Å². The van der Waals surface area contributed by atoms with Crippen LogP contribution < -0.4 is 15.4 Å². The normalized spacial score (nSPS) is 24.5. The molecule has 226 valence electrons. The summed E-state index contributed by atoms with van der Waals surface area (Å²) in [5, 5.41) is 7.16. The molecule has 2 saturated heterocycles. The average Bonchev–Trinajstić information content (AvgIpc) is 3.70. The van der Waals surface area contributed by atoms with Crippen LogP contribution in [0.2, 0.25) is 0 Å². The van der Waals surface area contributed by atoms with Crippen molar-refractivity contribution >= 4 is 22.1 Å². The number of aromatic amines is 2. The lowest BCUT2D eigenvalue weighted by Crippen LogP contribution is -2.13. The number of benzene rings is 4. The maximum atomic E-state index is 6.12. The van der Waals surface area contributed by atoms with Crippen molar-refractivity contribution in [3.05, 3.63) is 125 Å². The van der Waals surface area contributed by atoms with E-state index in [9.17, 15) is 0 Å². The van der Waals surface area contributed by atoms with Crippen molar-refractivity contribution in [2.75, 3.05) is 13.1 Å². The van der Waals surface area contributed by atoms with Crippen molar-refractivity contribution in [3.8, 4) is 5.75 Å². The molecule has 7 heteroatoms. The number of hydrogen-bond donors (Lipinski definition) is 4. The summed E-state index contributed by atoms with van der Waals surface area (Å²) < 4.78 is 6.12. The minimum absolute atomic E-state index is 0.329. The zero-order valence-electron chi connectivity index (χ0n) is 25.3. The second-order valence-electron chi connectivity index (χ2n) is 13.0. The fraction of sp³-hybridized carbons (Fsp3) is 0.316. The van der Waals surface area contributed by atoms with Crippen molar-refractivity contribution in [1.29, 1.82) is 0 Å². The molecule has 4 aromatic carbocycles. The first-order chi connectivity index (χ1) is 22.3. The van der Waals surface area contributed by atoms with E-state index in [2.05, 4.69) is 106 Å². The molecule has 0 bridgehead atoms. The number of nitrogens with one attached hydrogen (secondary N) is 4. The number of imidazole rings is 2. The Kier molecular flexibility index (Phi) is 6.67. The first-order valence-electron chi connectivity index (χ1n) is 16.5. The maximum absolute atomic E-state index is 6.12. The van der Waals surface area contributed by atoms with Gasteiger partial charge in [0, 0.05) is 0 Å². The van der Waals surface area contributed by atoms with Crippen LogP contribution in [0.3, 0.4) is 0 Å². The highest BCUT2D eigenvalue weighted by molar-refractivity contribution is 5.78. The Balaban J connectivity index is 1.03. The van der Waals surface area contributed by atoms with Gasteiger partial charge < -0.3 is 25.3 Å². The third kappa shape index (κ3) is 5.10. The predicted octanol–water partition coefficient (Wildman–Crippen LogP) is 7.53. The third-order valence-corrected chi connectivity index (χ3v) is 10.1. The highest BCUT2D eigenvalue weighted by Gasteiger charge is 2.52. The molecule has 2 aliphatic heterocycles. The molecule has 6 aromatic rings. The van der Waals surface area contributed by atoms with Gasteiger partial charge in [0.1, 0.15) is 24.0 Å². The van der Waals surface area contributed by atoms with Crippen LogP contribution in [0.25, 0.3) is 22.1 Å². The quantitative estimate of drug-likeness (QED) is 0.146. The van der Waals surface area contributed by atoms with E-state index in [-0.39, 0.29) is 0 Å². The Morgan fingerprint density at radius 1 is 0.600 bits per heavy atom. The summed E-state index contributed by atoms with van der Waals surface area (Å²) in [6.07, 6.45) is 4.68. The zero-order chi connectivity index (χ0) is 29.7.